The summed E-state index contributed by atoms with van der Waals surface area (Å²) in [7, 11) is 0. The van der Waals surface area contributed by atoms with Gasteiger partial charge in [-0.05, 0) is 56.1 Å². The molecule has 7 nitrogen and oxygen atoms in total. The molecule has 0 aliphatic carbocycles. The number of piperidine rings is 1. The summed E-state index contributed by atoms with van der Waals surface area (Å²) in [5, 5.41) is 0. The molecule has 4 rings (SSSR count). The molecule has 1 N–H and O–H groups in total. The van der Waals surface area contributed by atoms with E-state index in [1.165, 1.54) is 0 Å². The van der Waals surface area contributed by atoms with Gasteiger partial charge in [0, 0.05) is 43.0 Å². The Morgan fingerprint density at radius 3 is 2.94 bits per heavy atom. The highest BCUT2D eigenvalue weighted by molar-refractivity contribution is 5.52. The summed E-state index contributed by atoms with van der Waals surface area (Å²) >= 11 is 0. The SMILES string of the molecule is C#CCOc1ccc(CN2CCC[C@@H](c3cc(=O)[nH]c(-c4cccnc4)n3)C2)cc1OCC. The predicted octanol–water partition coefficient (Wildman–Crippen LogP) is 3.62. The van der Waals surface area contributed by atoms with E-state index >= 15 is 0 Å². The average molecular weight is 445 g/mol. The number of benzene rings is 1. The molecule has 33 heavy (non-hydrogen) atoms. The van der Waals surface area contributed by atoms with E-state index in [4.69, 9.17) is 20.9 Å². The van der Waals surface area contributed by atoms with Crippen LogP contribution in [0.15, 0.2) is 53.6 Å². The Morgan fingerprint density at radius 2 is 2.15 bits per heavy atom. The highest BCUT2D eigenvalue weighted by Crippen LogP contribution is 2.31. The molecule has 0 unspecified atom stereocenters. The minimum atomic E-state index is -0.139. The summed E-state index contributed by atoms with van der Waals surface area (Å²) in [6, 6.07) is 11.3. The number of nitrogens with zero attached hydrogens (tertiary/aromatic N) is 3. The maximum absolute atomic E-state index is 12.3. The van der Waals surface area contributed by atoms with Crippen LogP contribution < -0.4 is 15.0 Å². The van der Waals surface area contributed by atoms with Crippen LogP contribution in [-0.4, -0.2) is 46.2 Å². The average Bonchev–Trinajstić information content (AvgIpc) is 2.84. The Kier molecular flexibility index (Phi) is 7.38. The van der Waals surface area contributed by atoms with Crippen LogP contribution in [0.4, 0.5) is 0 Å². The largest absolute Gasteiger partial charge is 0.490 e. The number of nitrogens with one attached hydrogen (secondary N) is 1. The van der Waals surface area contributed by atoms with Crippen molar-refractivity contribution < 1.29 is 9.47 Å². The predicted molar refractivity (Wildman–Crippen MR) is 127 cm³/mol. The van der Waals surface area contributed by atoms with E-state index in [9.17, 15) is 4.79 Å². The van der Waals surface area contributed by atoms with Crippen LogP contribution in [0.2, 0.25) is 0 Å². The zero-order valence-electron chi connectivity index (χ0n) is 18.8. The van der Waals surface area contributed by atoms with Crippen LogP contribution in [0.1, 0.15) is 36.9 Å². The highest BCUT2D eigenvalue weighted by Gasteiger charge is 2.24. The Hall–Kier alpha value is -3.63. The lowest BCUT2D eigenvalue weighted by atomic mass is 9.94. The van der Waals surface area contributed by atoms with Crippen molar-refractivity contribution in [2.45, 2.75) is 32.2 Å². The molecule has 0 bridgehead atoms. The number of pyridine rings is 1. The molecule has 0 spiro atoms. The van der Waals surface area contributed by atoms with Gasteiger partial charge in [-0.3, -0.25) is 14.7 Å². The maximum Gasteiger partial charge on any atom is 0.251 e. The molecular weight excluding hydrogens is 416 g/mol. The van der Waals surface area contributed by atoms with Gasteiger partial charge in [0.25, 0.3) is 5.56 Å². The Balaban J connectivity index is 1.49. The lowest BCUT2D eigenvalue weighted by Gasteiger charge is -2.32. The van der Waals surface area contributed by atoms with Gasteiger partial charge < -0.3 is 14.5 Å². The third-order valence-electron chi connectivity index (χ3n) is 5.65. The standard InChI is InChI=1S/C26H28N4O3/c1-3-13-33-23-10-9-19(14-24(23)32-4-2)17-30-12-6-8-21(18-30)22-15-25(31)29-26(28-22)20-7-5-11-27-16-20/h1,5,7,9-11,14-16,21H,4,6,8,12-13,17-18H2,2H3,(H,28,29,31)/t21-/m1/s1. The molecule has 0 radical (unpaired) electrons. The number of aromatic amines is 1. The summed E-state index contributed by atoms with van der Waals surface area (Å²) in [6.45, 7) is 5.31. The number of rotatable bonds is 8. The molecule has 170 valence electrons. The quantitative estimate of drug-likeness (QED) is 0.535. The van der Waals surface area contributed by atoms with Crippen LogP contribution in [0.3, 0.4) is 0 Å². The number of likely N-dealkylation sites (tertiary alicyclic amines) is 1. The number of ether oxygens (including phenoxy) is 2. The van der Waals surface area contributed by atoms with Crippen molar-refractivity contribution in [3.05, 3.63) is 70.4 Å². The molecule has 1 aliphatic heterocycles. The number of hydrogen-bond acceptors (Lipinski definition) is 6. The van der Waals surface area contributed by atoms with E-state index in [0.29, 0.717) is 23.9 Å². The monoisotopic (exact) mass is 444 g/mol. The fourth-order valence-electron chi connectivity index (χ4n) is 4.18. The first-order valence-electron chi connectivity index (χ1n) is 11.2. The number of terminal acetylenes is 1. The lowest BCUT2D eigenvalue weighted by Crippen LogP contribution is -2.34. The second kappa shape index (κ2) is 10.8. The summed E-state index contributed by atoms with van der Waals surface area (Å²) < 4.78 is 11.4. The number of hydrogen-bond donors (Lipinski definition) is 1. The summed E-state index contributed by atoms with van der Waals surface area (Å²) in [5.74, 6) is 4.60. The zero-order chi connectivity index (χ0) is 23.0. The third kappa shape index (κ3) is 5.79. The van der Waals surface area contributed by atoms with Crippen molar-refractivity contribution in [2.75, 3.05) is 26.3 Å². The van der Waals surface area contributed by atoms with E-state index in [1.54, 1.807) is 18.5 Å². The summed E-state index contributed by atoms with van der Waals surface area (Å²) in [5.41, 5.74) is 2.64. The van der Waals surface area contributed by atoms with Crippen LogP contribution in [0.5, 0.6) is 11.5 Å². The molecular formula is C26H28N4O3. The van der Waals surface area contributed by atoms with Gasteiger partial charge in [-0.25, -0.2) is 4.98 Å². The molecule has 1 atom stereocenters. The first-order chi connectivity index (χ1) is 16.2. The van der Waals surface area contributed by atoms with Crippen molar-refractivity contribution in [1.29, 1.82) is 0 Å². The Labute approximate surface area is 193 Å². The highest BCUT2D eigenvalue weighted by atomic mass is 16.5. The normalized spacial score (nSPS) is 16.2. The topological polar surface area (TPSA) is 80.3 Å². The van der Waals surface area contributed by atoms with Gasteiger partial charge in [-0.2, -0.15) is 0 Å². The molecule has 3 heterocycles. The van der Waals surface area contributed by atoms with Crippen LogP contribution in [0.25, 0.3) is 11.4 Å². The smallest absolute Gasteiger partial charge is 0.251 e. The molecule has 0 saturated carbocycles. The number of aromatic nitrogens is 3. The van der Waals surface area contributed by atoms with Gasteiger partial charge in [-0.15, -0.1) is 6.42 Å². The zero-order valence-corrected chi connectivity index (χ0v) is 18.8. The first-order valence-corrected chi connectivity index (χ1v) is 11.2. The number of H-pyrrole nitrogens is 1. The first kappa shape index (κ1) is 22.6. The third-order valence-corrected chi connectivity index (χ3v) is 5.65. The lowest BCUT2D eigenvalue weighted by molar-refractivity contribution is 0.198. The fraction of sp³-hybridized carbons (Fsp3) is 0.346. The van der Waals surface area contributed by atoms with Gasteiger partial charge in [0.05, 0.1) is 12.3 Å². The maximum atomic E-state index is 12.3. The summed E-state index contributed by atoms with van der Waals surface area (Å²) in [4.78, 5) is 26.5. The van der Waals surface area contributed by atoms with Crippen molar-refractivity contribution in [3.63, 3.8) is 0 Å². The van der Waals surface area contributed by atoms with Crippen molar-refractivity contribution in [2.24, 2.45) is 0 Å². The van der Waals surface area contributed by atoms with Gasteiger partial charge in [0.2, 0.25) is 0 Å². The summed E-state index contributed by atoms with van der Waals surface area (Å²) in [6.07, 6.45) is 10.8. The van der Waals surface area contributed by atoms with Gasteiger partial charge >= 0.3 is 0 Å². The van der Waals surface area contributed by atoms with Gasteiger partial charge in [0.1, 0.15) is 12.4 Å². The fourth-order valence-corrected chi connectivity index (χ4v) is 4.18. The van der Waals surface area contributed by atoms with Gasteiger partial charge in [0.15, 0.2) is 11.5 Å². The van der Waals surface area contributed by atoms with E-state index in [2.05, 4.69) is 20.8 Å². The molecule has 0 amide bonds. The van der Waals surface area contributed by atoms with Crippen molar-refractivity contribution >= 4 is 0 Å². The second-order valence-corrected chi connectivity index (χ2v) is 8.04. The van der Waals surface area contributed by atoms with Crippen molar-refractivity contribution in [1.82, 2.24) is 19.9 Å². The van der Waals surface area contributed by atoms with Crippen molar-refractivity contribution in [3.8, 4) is 35.2 Å². The Bertz CT molecular complexity index is 1170. The molecule has 1 saturated heterocycles. The van der Waals surface area contributed by atoms with Crippen LogP contribution >= 0.6 is 0 Å². The van der Waals surface area contributed by atoms with E-state index < -0.39 is 0 Å². The van der Waals surface area contributed by atoms with Crippen LogP contribution in [-0.2, 0) is 6.54 Å². The molecule has 2 aromatic heterocycles. The van der Waals surface area contributed by atoms with Crippen LogP contribution in [0, 0.1) is 12.3 Å². The Morgan fingerprint density at radius 1 is 1.24 bits per heavy atom. The molecule has 1 aromatic carbocycles. The molecule has 3 aromatic rings. The minimum Gasteiger partial charge on any atom is -0.490 e. The van der Waals surface area contributed by atoms with E-state index in [0.717, 1.165) is 49.3 Å². The molecule has 1 aliphatic rings. The van der Waals surface area contributed by atoms with Gasteiger partial charge in [-0.1, -0.05) is 12.0 Å². The minimum absolute atomic E-state index is 0.139. The molecule has 7 heteroatoms. The van der Waals surface area contributed by atoms with E-state index in [1.807, 2.05) is 37.3 Å². The molecule has 1 fully saturated rings. The van der Waals surface area contributed by atoms with E-state index in [-0.39, 0.29) is 18.1 Å². The second-order valence-electron chi connectivity index (χ2n) is 8.04.